The van der Waals surface area contributed by atoms with Crippen molar-refractivity contribution in [3.05, 3.63) is 34.3 Å². The molecule has 0 fully saturated rings. The largest absolute Gasteiger partial charge is 0.481 e. The molecule has 1 aromatic carbocycles. The van der Waals surface area contributed by atoms with Gasteiger partial charge in [-0.05, 0) is 17.7 Å². The van der Waals surface area contributed by atoms with Gasteiger partial charge in [-0.2, -0.15) is 0 Å². The van der Waals surface area contributed by atoms with Gasteiger partial charge in [-0.15, -0.1) is 0 Å². The number of hydrazine groups is 1. The number of aliphatic hydroxyl groups excluding tert-OH is 1. The number of benzene rings is 1. The number of hydrogen-bond acceptors (Lipinski definition) is 4. The molecule has 1 aromatic rings. The summed E-state index contributed by atoms with van der Waals surface area (Å²) in [5.41, 5.74) is 0.984. The van der Waals surface area contributed by atoms with Crippen molar-refractivity contribution in [2.75, 3.05) is 13.2 Å². The molecule has 0 saturated carbocycles. The zero-order chi connectivity index (χ0) is 12.8. The Hall–Kier alpha value is -0.950. The first kappa shape index (κ1) is 14.1. The fourth-order valence-electron chi connectivity index (χ4n) is 1.39. The van der Waals surface area contributed by atoms with Crippen LogP contribution in [0.15, 0.2) is 28.7 Å². The van der Waals surface area contributed by atoms with E-state index in [0.717, 1.165) is 10.0 Å². The van der Waals surface area contributed by atoms with Gasteiger partial charge < -0.3 is 10.2 Å². The zero-order valence-electron chi connectivity index (χ0n) is 9.21. The number of nitrogens with two attached hydrogens (primary N) is 1. The third kappa shape index (κ3) is 4.82. The van der Waals surface area contributed by atoms with Crippen LogP contribution in [0.3, 0.4) is 0 Å². The van der Waals surface area contributed by atoms with Gasteiger partial charge in [0.2, 0.25) is 0 Å². The number of carbonyl (C=O) groups is 1. The number of hydrogen-bond donors (Lipinski definition) is 3. The SMILES string of the molecule is NN(Cc1ccc(Br)cc1)C[C@H](CO)C(=O)O. The Morgan fingerprint density at radius 2 is 2.00 bits per heavy atom. The van der Waals surface area contributed by atoms with Crippen molar-refractivity contribution in [1.82, 2.24) is 5.01 Å². The van der Waals surface area contributed by atoms with Crippen LogP contribution in [0.4, 0.5) is 0 Å². The number of aliphatic carboxylic acids is 1. The molecule has 94 valence electrons. The molecule has 0 radical (unpaired) electrons. The van der Waals surface area contributed by atoms with E-state index in [4.69, 9.17) is 16.1 Å². The molecule has 0 aliphatic heterocycles. The molecule has 0 heterocycles. The van der Waals surface area contributed by atoms with Crippen molar-refractivity contribution in [2.45, 2.75) is 6.54 Å². The zero-order valence-corrected chi connectivity index (χ0v) is 10.8. The van der Waals surface area contributed by atoms with Crippen molar-refractivity contribution in [2.24, 2.45) is 11.8 Å². The Kier molecular flexibility index (Phi) is 5.57. The molecule has 1 rings (SSSR count). The highest BCUT2D eigenvalue weighted by Crippen LogP contribution is 2.11. The fraction of sp³-hybridized carbons (Fsp3) is 0.364. The first-order valence-electron chi connectivity index (χ1n) is 5.10. The lowest BCUT2D eigenvalue weighted by molar-refractivity contribution is -0.143. The molecule has 0 spiro atoms. The number of rotatable bonds is 6. The minimum Gasteiger partial charge on any atom is -0.481 e. The van der Waals surface area contributed by atoms with Crippen LogP contribution in [-0.4, -0.2) is 34.3 Å². The van der Waals surface area contributed by atoms with E-state index < -0.39 is 18.5 Å². The monoisotopic (exact) mass is 302 g/mol. The van der Waals surface area contributed by atoms with Gasteiger partial charge in [0.1, 0.15) is 0 Å². The van der Waals surface area contributed by atoms with Crippen molar-refractivity contribution in [3.8, 4) is 0 Å². The molecule has 0 amide bonds. The second kappa shape index (κ2) is 6.70. The molecule has 0 aliphatic carbocycles. The van der Waals surface area contributed by atoms with E-state index in [1.54, 1.807) is 0 Å². The van der Waals surface area contributed by atoms with Crippen LogP contribution in [0.25, 0.3) is 0 Å². The molecular weight excluding hydrogens is 288 g/mol. The molecule has 17 heavy (non-hydrogen) atoms. The van der Waals surface area contributed by atoms with E-state index in [1.165, 1.54) is 5.01 Å². The Balaban J connectivity index is 2.51. The maximum atomic E-state index is 10.7. The number of aliphatic hydroxyl groups is 1. The predicted molar refractivity (Wildman–Crippen MR) is 67.0 cm³/mol. The van der Waals surface area contributed by atoms with Crippen molar-refractivity contribution in [1.29, 1.82) is 0 Å². The van der Waals surface area contributed by atoms with Gasteiger partial charge in [0, 0.05) is 17.6 Å². The maximum absolute atomic E-state index is 10.7. The summed E-state index contributed by atoms with van der Waals surface area (Å²) in [6.07, 6.45) is 0. The van der Waals surface area contributed by atoms with Crippen LogP contribution < -0.4 is 5.84 Å². The average molecular weight is 303 g/mol. The first-order valence-corrected chi connectivity index (χ1v) is 5.90. The van der Waals surface area contributed by atoms with E-state index in [1.807, 2.05) is 24.3 Å². The fourth-order valence-corrected chi connectivity index (χ4v) is 1.65. The molecule has 4 N–H and O–H groups in total. The lowest BCUT2D eigenvalue weighted by Crippen LogP contribution is -2.39. The first-order chi connectivity index (χ1) is 8.02. The van der Waals surface area contributed by atoms with Gasteiger partial charge in [0.25, 0.3) is 0 Å². The molecule has 0 saturated heterocycles. The second-order valence-electron chi connectivity index (χ2n) is 3.77. The van der Waals surface area contributed by atoms with Crippen LogP contribution in [0.2, 0.25) is 0 Å². The van der Waals surface area contributed by atoms with E-state index in [9.17, 15) is 4.79 Å². The minimum atomic E-state index is -1.04. The summed E-state index contributed by atoms with van der Waals surface area (Å²) in [4.78, 5) is 10.7. The van der Waals surface area contributed by atoms with Crippen LogP contribution in [0.1, 0.15) is 5.56 Å². The summed E-state index contributed by atoms with van der Waals surface area (Å²) in [5.74, 6) is 3.81. The Bertz CT molecular complexity index is 369. The van der Waals surface area contributed by atoms with Gasteiger partial charge >= 0.3 is 5.97 Å². The summed E-state index contributed by atoms with van der Waals surface area (Å²) >= 11 is 3.33. The van der Waals surface area contributed by atoms with Gasteiger partial charge in [-0.25, -0.2) is 5.01 Å². The number of nitrogens with zero attached hydrogens (tertiary/aromatic N) is 1. The lowest BCUT2D eigenvalue weighted by Gasteiger charge is -2.19. The van der Waals surface area contributed by atoms with Crippen molar-refractivity contribution in [3.63, 3.8) is 0 Å². The quantitative estimate of drug-likeness (QED) is 0.535. The Morgan fingerprint density at radius 1 is 1.41 bits per heavy atom. The number of halogens is 1. The summed E-state index contributed by atoms with van der Waals surface area (Å²) in [7, 11) is 0. The highest BCUT2D eigenvalue weighted by Gasteiger charge is 2.18. The van der Waals surface area contributed by atoms with E-state index >= 15 is 0 Å². The van der Waals surface area contributed by atoms with E-state index in [2.05, 4.69) is 15.9 Å². The lowest BCUT2D eigenvalue weighted by atomic mass is 10.1. The van der Waals surface area contributed by atoms with Gasteiger partial charge in [0.05, 0.1) is 12.5 Å². The van der Waals surface area contributed by atoms with Crippen molar-refractivity contribution < 1.29 is 15.0 Å². The smallest absolute Gasteiger partial charge is 0.310 e. The summed E-state index contributed by atoms with van der Waals surface area (Å²) in [6.45, 7) is 0.141. The number of carboxylic acid groups (broad SMARTS) is 1. The van der Waals surface area contributed by atoms with Crippen LogP contribution in [0.5, 0.6) is 0 Å². The molecule has 0 aliphatic rings. The van der Waals surface area contributed by atoms with Crippen LogP contribution in [0, 0.1) is 5.92 Å². The summed E-state index contributed by atoms with van der Waals surface area (Å²) in [5, 5.41) is 19.0. The molecule has 6 heteroatoms. The molecule has 1 atom stereocenters. The second-order valence-corrected chi connectivity index (χ2v) is 4.69. The normalized spacial score (nSPS) is 12.7. The highest BCUT2D eigenvalue weighted by atomic mass is 79.9. The third-order valence-corrected chi connectivity index (χ3v) is 2.85. The standard InChI is InChI=1S/C11H15BrN2O3/c12-10-3-1-8(2-4-10)5-14(13)6-9(7-15)11(16)17/h1-4,9,15H,5-7,13H2,(H,16,17)/t9-/m1/s1. The molecule has 0 bridgehead atoms. The molecular formula is C11H15BrN2O3. The topological polar surface area (TPSA) is 86.8 Å². The van der Waals surface area contributed by atoms with Crippen LogP contribution >= 0.6 is 15.9 Å². The predicted octanol–water partition coefficient (Wildman–Crippen LogP) is 0.818. The Morgan fingerprint density at radius 3 is 2.47 bits per heavy atom. The van der Waals surface area contributed by atoms with Crippen LogP contribution in [-0.2, 0) is 11.3 Å². The molecule has 0 unspecified atom stereocenters. The summed E-state index contributed by atoms with van der Waals surface area (Å²) < 4.78 is 0.976. The highest BCUT2D eigenvalue weighted by molar-refractivity contribution is 9.10. The number of carboxylic acids is 1. The average Bonchev–Trinajstić information content (AvgIpc) is 2.28. The summed E-state index contributed by atoms with van der Waals surface area (Å²) in [6, 6.07) is 7.59. The van der Waals surface area contributed by atoms with E-state index in [0.29, 0.717) is 6.54 Å². The van der Waals surface area contributed by atoms with Gasteiger partial charge in [-0.1, -0.05) is 28.1 Å². The van der Waals surface area contributed by atoms with Crippen molar-refractivity contribution >= 4 is 21.9 Å². The van der Waals surface area contributed by atoms with Gasteiger partial charge in [0.15, 0.2) is 0 Å². The molecule has 5 nitrogen and oxygen atoms in total. The van der Waals surface area contributed by atoms with Gasteiger partial charge in [-0.3, -0.25) is 10.6 Å². The third-order valence-electron chi connectivity index (χ3n) is 2.32. The Labute approximate surface area is 108 Å². The molecule has 0 aromatic heterocycles. The maximum Gasteiger partial charge on any atom is 0.310 e. The minimum absolute atomic E-state index is 0.113. The van der Waals surface area contributed by atoms with E-state index in [-0.39, 0.29) is 6.54 Å².